The van der Waals surface area contributed by atoms with Crippen molar-refractivity contribution < 1.29 is 25.2 Å². The maximum absolute atomic E-state index is 10.9. The molecule has 0 rings (SSSR count). The van der Waals surface area contributed by atoms with Crippen molar-refractivity contribution in [3.8, 4) is 0 Å². The van der Waals surface area contributed by atoms with Gasteiger partial charge >= 0.3 is 5.97 Å². The molecule has 0 radical (unpaired) electrons. The fraction of sp³-hybridized carbons (Fsp3) is 0.700. The van der Waals surface area contributed by atoms with Gasteiger partial charge in [0.05, 0.1) is 5.92 Å². The van der Waals surface area contributed by atoms with Gasteiger partial charge in [-0.1, -0.05) is 18.9 Å². The summed E-state index contributed by atoms with van der Waals surface area (Å²) < 4.78 is 0. The first-order valence-electron chi connectivity index (χ1n) is 4.79. The molecule has 1 atom stereocenters. The summed E-state index contributed by atoms with van der Waals surface area (Å²) >= 11 is 0. The highest BCUT2D eigenvalue weighted by Crippen LogP contribution is 2.28. The van der Waals surface area contributed by atoms with Crippen molar-refractivity contribution in [1.82, 2.24) is 0 Å². The number of allylic oxidation sites excluding steroid dienone is 1. The van der Waals surface area contributed by atoms with Crippen molar-refractivity contribution in [2.24, 2.45) is 5.92 Å². The number of carbonyl (C=O) groups is 1. The molecule has 0 aliphatic rings. The predicted octanol–water partition coefficient (Wildman–Crippen LogP) is 0.454. The quantitative estimate of drug-likeness (QED) is 0.397. The Morgan fingerprint density at radius 3 is 1.93 bits per heavy atom. The van der Waals surface area contributed by atoms with Crippen molar-refractivity contribution in [1.29, 1.82) is 0 Å². The van der Waals surface area contributed by atoms with Crippen LogP contribution in [0.1, 0.15) is 33.6 Å². The molecule has 1 unspecified atom stereocenters. The summed E-state index contributed by atoms with van der Waals surface area (Å²) in [5.74, 6) is -5.42. The Morgan fingerprint density at radius 1 is 1.27 bits per heavy atom. The fourth-order valence-corrected chi connectivity index (χ4v) is 1.53. The molecular formula is C10H18O5. The third-order valence-electron chi connectivity index (χ3n) is 2.16. The Morgan fingerprint density at radius 2 is 1.73 bits per heavy atom. The highest BCUT2D eigenvalue weighted by molar-refractivity contribution is 5.88. The number of rotatable bonds is 5. The smallest absolute Gasteiger partial charge is 0.332 e. The van der Waals surface area contributed by atoms with Crippen LogP contribution in [0.2, 0.25) is 0 Å². The largest absolute Gasteiger partial charge is 0.478 e. The van der Waals surface area contributed by atoms with Gasteiger partial charge in [0.25, 0.3) is 5.97 Å². The van der Waals surface area contributed by atoms with E-state index in [-0.39, 0.29) is 12.0 Å². The summed E-state index contributed by atoms with van der Waals surface area (Å²) in [4.78, 5) is 10.9. The van der Waals surface area contributed by atoms with Crippen LogP contribution in [0.4, 0.5) is 0 Å². The summed E-state index contributed by atoms with van der Waals surface area (Å²) in [6.45, 7) is 4.87. The lowest BCUT2D eigenvalue weighted by atomic mass is 9.89. The number of carboxylic acids is 1. The minimum atomic E-state index is -2.99. The summed E-state index contributed by atoms with van der Waals surface area (Å²) in [5, 5.41) is 36.2. The molecule has 0 aromatic heterocycles. The molecule has 0 aliphatic heterocycles. The van der Waals surface area contributed by atoms with E-state index in [1.807, 2.05) is 0 Å². The normalized spacial score (nSPS) is 13.5. The van der Waals surface area contributed by atoms with Gasteiger partial charge in [-0.2, -0.15) is 0 Å². The van der Waals surface area contributed by atoms with Gasteiger partial charge < -0.3 is 20.4 Å². The van der Waals surface area contributed by atoms with E-state index in [0.29, 0.717) is 12.0 Å². The lowest BCUT2D eigenvalue weighted by Gasteiger charge is -2.27. The van der Waals surface area contributed by atoms with Crippen LogP contribution in [-0.4, -0.2) is 32.4 Å². The average Bonchev–Trinajstić information content (AvgIpc) is 2.00. The maximum atomic E-state index is 10.9. The summed E-state index contributed by atoms with van der Waals surface area (Å²) in [7, 11) is 0. The van der Waals surface area contributed by atoms with Crippen molar-refractivity contribution in [3.05, 3.63) is 11.1 Å². The molecular weight excluding hydrogens is 200 g/mol. The molecule has 0 aliphatic carbocycles. The van der Waals surface area contributed by atoms with Gasteiger partial charge in [-0.25, -0.2) is 4.79 Å². The topological polar surface area (TPSA) is 98.0 Å². The third kappa shape index (κ3) is 3.99. The van der Waals surface area contributed by atoms with Gasteiger partial charge in [-0.15, -0.1) is 0 Å². The van der Waals surface area contributed by atoms with Gasteiger partial charge in [0.2, 0.25) is 0 Å². The molecule has 15 heavy (non-hydrogen) atoms. The van der Waals surface area contributed by atoms with E-state index in [1.54, 1.807) is 20.8 Å². The molecule has 0 spiro atoms. The van der Waals surface area contributed by atoms with Crippen LogP contribution in [0.15, 0.2) is 11.1 Å². The molecule has 4 N–H and O–H groups in total. The van der Waals surface area contributed by atoms with Crippen molar-refractivity contribution in [2.45, 2.75) is 39.6 Å². The first-order chi connectivity index (χ1) is 6.71. The van der Waals surface area contributed by atoms with Gasteiger partial charge in [-0.3, -0.25) is 0 Å². The van der Waals surface area contributed by atoms with Crippen LogP contribution in [0.25, 0.3) is 0 Å². The summed E-state index contributed by atoms with van der Waals surface area (Å²) in [6, 6.07) is 0. The van der Waals surface area contributed by atoms with Crippen LogP contribution in [0, 0.1) is 5.92 Å². The van der Waals surface area contributed by atoms with E-state index in [0.717, 1.165) is 0 Å². The van der Waals surface area contributed by atoms with E-state index in [9.17, 15) is 4.79 Å². The molecule has 0 heterocycles. The van der Waals surface area contributed by atoms with Crippen molar-refractivity contribution in [3.63, 3.8) is 0 Å². The monoisotopic (exact) mass is 218 g/mol. The zero-order chi connectivity index (χ0) is 12.2. The minimum absolute atomic E-state index is 0.149. The van der Waals surface area contributed by atoms with Gasteiger partial charge in [-0.05, 0) is 20.3 Å². The fourth-order valence-electron chi connectivity index (χ4n) is 1.53. The van der Waals surface area contributed by atoms with Crippen LogP contribution >= 0.6 is 0 Å². The van der Waals surface area contributed by atoms with E-state index in [2.05, 4.69) is 0 Å². The maximum Gasteiger partial charge on any atom is 0.332 e. The molecule has 0 saturated heterocycles. The third-order valence-corrected chi connectivity index (χ3v) is 2.16. The van der Waals surface area contributed by atoms with Crippen LogP contribution in [0.3, 0.4) is 0 Å². The molecule has 0 amide bonds. The highest BCUT2D eigenvalue weighted by Gasteiger charge is 2.37. The summed E-state index contributed by atoms with van der Waals surface area (Å²) in [6.07, 6.45) is 0.731. The molecule has 0 fully saturated rings. The van der Waals surface area contributed by atoms with Crippen LogP contribution < -0.4 is 0 Å². The summed E-state index contributed by atoms with van der Waals surface area (Å²) in [5.41, 5.74) is 0.298. The molecule has 5 heteroatoms. The number of aliphatic carboxylic acids is 1. The first kappa shape index (κ1) is 14.1. The second kappa shape index (κ2) is 5.25. The highest BCUT2D eigenvalue weighted by atomic mass is 16.7. The molecule has 0 saturated carbocycles. The molecule has 5 nitrogen and oxygen atoms in total. The Bertz CT molecular complexity index is 257. The van der Waals surface area contributed by atoms with Gasteiger partial charge in [0, 0.05) is 5.57 Å². The number of hydrogen-bond donors (Lipinski definition) is 4. The Balaban J connectivity index is 5.23. The first-order valence-corrected chi connectivity index (χ1v) is 4.79. The van der Waals surface area contributed by atoms with E-state index in [4.69, 9.17) is 20.4 Å². The van der Waals surface area contributed by atoms with Gasteiger partial charge in [0.15, 0.2) is 0 Å². The number of carboxylic acid groups (broad SMARTS) is 1. The Kier molecular flexibility index (Phi) is 4.93. The molecule has 0 bridgehead atoms. The number of aliphatic hydroxyl groups is 3. The zero-order valence-corrected chi connectivity index (χ0v) is 9.19. The van der Waals surface area contributed by atoms with Crippen LogP contribution in [0.5, 0.6) is 0 Å². The van der Waals surface area contributed by atoms with Crippen molar-refractivity contribution in [2.75, 3.05) is 0 Å². The number of hydrogen-bond acceptors (Lipinski definition) is 4. The van der Waals surface area contributed by atoms with E-state index in [1.165, 1.54) is 0 Å². The minimum Gasteiger partial charge on any atom is -0.478 e. The van der Waals surface area contributed by atoms with Crippen molar-refractivity contribution >= 4 is 5.97 Å². The molecule has 0 aromatic rings. The van der Waals surface area contributed by atoms with Gasteiger partial charge in [0.1, 0.15) is 0 Å². The zero-order valence-electron chi connectivity index (χ0n) is 9.19. The lowest BCUT2D eigenvalue weighted by Crippen LogP contribution is -2.40. The standard InChI is InChI=1S/C10H18O5/c1-4-5-7(10(13,14)15)8(6(2)3)9(11)12/h7,13-15H,4-5H2,1-3H3,(H,11,12). The second-order valence-electron chi connectivity index (χ2n) is 3.75. The predicted molar refractivity (Wildman–Crippen MR) is 53.8 cm³/mol. The van der Waals surface area contributed by atoms with E-state index >= 15 is 0 Å². The second-order valence-corrected chi connectivity index (χ2v) is 3.75. The van der Waals surface area contributed by atoms with Crippen LogP contribution in [-0.2, 0) is 4.79 Å². The lowest BCUT2D eigenvalue weighted by molar-refractivity contribution is -0.336. The SMILES string of the molecule is CCCC(C(C(=O)O)=C(C)C)C(O)(O)O. The van der Waals surface area contributed by atoms with E-state index < -0.39 is 17.9 Å². The molecule has 88 valence electrons. The molecule has 0 aromatic carbocycles. The average molecular weight is 218 g/mol. The Hall–Kier alpha value is -0.910. The Labute approximate surface area is 88.7 Å².